The number of alkyl carbamates (subject to hydrolysis) is 1. The third-order valence-electron chi connectivity index (χ3n) is 12.8. The Bertz CT molecular complexity index is 2360. The molecule has 3 amide bonds. The molecule has 310 valence electrons. The fourth-order valence-electron chi connectivity index (χ4n) is 9.57. The van der Waals surface area contributed by atoms with Crippen molar-refractivity contribution >= 4 is 34.8 Å². The van der Waals surface area contributed by atoms with Gasteiger partial charge < -0.3 is 39.0 Å². The number of likely N-dealkylation sites (tertiary alicyclic amines) is 2. The lowest BCUT2D eigenvalue weighted by atomic mass is 9.87. The normalized spacial score (nSPS) is 21.1. The predicted molar refractivity (Wildman–Crippen MR) is 220 cm³/mol. The number of benzene rings is 2. The number of imidazole rings is 2. The number of nitrogens with one attached hydrogen (secondary N) is 3. The highest BCUT2D eigenvalue weighted by molar-refractivity contribution is 6.01. The minimum absolute atomic E-state index is 0.0131. The molecule has 5 aromatic rings. The number of ether oxygens (including phenoxy) is 2. The number of hydrogen-bond acceptors (Lipinski definition) is 9. The number of carbonyl (C=O) groups is 4. The number of fused-ring (bicyclic) bond motifs is 3. The largest absolute Gasteiger partial charge is 0.469 e. The Labute approximate surface area is 343 Å². The number of furan rings is 1. The van der Waals surface area contributed by atoms with Gasteiger partial charge in [-0.3, -0.25) is 14.4 Å². The maximum absolute atomic E-state index is 14.1. The quantitative estimate of drug-likeness (QED) is 0.107. The van der Waals surface area contributed by atoms with Gasteiger partial charge in [-0.25, -0.2) is 14.8 Å². The number of rotatable bonds is 12. The Hall–Kier alpha value is -5.92. The van der Waals surface area contributed by atoms with Crippen molar-refractivity contribution in [1.29, 1.82) is 0 Å². The van der Waals surface area contributed by atoms with Crippen molar-refractivity contribution in [3.8, 4) is 33.6 Å². The maximum atomic E-state index is 14.1. The molecule has 3 fully saturated rings. The van der Waals surface area contributed by atoms with E-state index in [4.69, 9.17) is 23.9 Å². The minimum Gasteiger partial charge on any atom is -0.469 e. The van der Waals surface area contributed by atoms with Gasteiger partial charge in [0.25, 0.3) is 0 Å². The molecular formula is C45H53N7O7. The molecule has 2 aromatic carbocycles. The summed E-state index contributed by atoms with van der Waals surface area (Å²) in [5.41, 5.74) is 5.71. The predicted octanol–water partition coefficient (Wildman–Crippen LogP) is 7.60. The lowest BCUT2D eigenvalue weighted by Crippen LogP contribution is -2.51. The average molecular weight is 804 g/mol. The van der Waals surface area contributed by atoms with Crippen LogP contribution in [0.5, 0.6) is 0 Å². The van der Waals surface area contributed by atoms with E-state index in [1.165, 1.54) is 14.2 Å². The van der Waals surface area contributed by atoms with Gasteiger partial charge in [0.2, 0.25) is 11.8 Å². The number of piperidine rings is 1. The molecule has 1 saturated carbocycles. The zero-order valence-electron chi connectivity index (χ0n) is 34.5. The van der Waals surface area contributed by atoms with Crippen LogP contribution in [0, 0.1) is 23.7 Å². The van der Waals surface area contributed by atoms with Crippen LogP contribution in [0.15, 0.2) is 65.5 Å². The van der Waals surface area contributed by atoms with E-state index in [-0.39, 0.29) is 42.1 Å². The molecule has 3 N–H and O–H groups in total. The van der Waals surface area contributed by atoms with E-state index in [9.17, 15) is 19.2 Å². The monoisotopic (exact) mass is 803 g/mol. The zero-order chi connectivity index (χ0) is 41.6. The summed E-state index contributed by atoms with van der Waals surface area (Å²) < 4.78 is 15.8. The fourth-order valence-corrected chi connectivity index (χ4v) is 9.57. The topological polar surface area (TPSA) is 176 Å². The molecular weight excluding hydrogens is 751 g/mol. The van der Waals surface area contributed by atoms with Crippen LogP contribution in [-0.4, -0.2) is 87.0 Å². The molecule has 2 unspecified atom stereocenters. The molecule has 2 aliphatic heterocycles. The van der Waals surface area contributed by atoms with Crippen molar-refractivity contribution in [1.82, 2.24) is 35.1 Å². The molecule has 59 heavy (non-hydrogen) atoms. The second kappa shape index (κ2) is 16.0. The first-order valence-electron chi connectivity index (χ1n) is 20.7. The molecule has 5 atom stereocenters. The maximum Gasteiger partial charge on any atom is 0.407 e. The number of nitrogens with zero attached hydrogens (tertiary/aromatic N) is 4. The Morgan fingerprint density at radius 3 is 2.34 bits per heavy atom. The van der Waals surface area contributed by atoms with Gasteiger partial charge in [0.1, 0.15) is 28.8 Å². The molecule has 3 aromatic heterocycles. The number of carbonyl (C=O) groups excluding carboxylic acids is 4. The van der Waals surface area contributed by atoms with Crippen molar-refractivity contribution in [2.24, 2.45) is 23.7 Å². The van der Waals surface area contributed by atoms with E-state index in [0.717, 1.165) is 82.5 Å². The van der Waals surface area contributed by atoms with Crippen molar-refractivity contribution in [2.45, 2.75) is 83.8 Å². The summed E-state index contributed by atoms with van der Waals surface area (Å²) in [5, 5.41) is 3.66. The first-order chi connectivity index (χ1) is 28.4. The van der Waals surface area contributed by atoms with E-state index in [1.54, 1.807) is 12.5 Å². The van der Waals surface area contributed by atoms with Crippen molar-refractivity contribution in [2.75, 3.05) is 27.3 Å². The third-order valence-corrected chi connectivity index (χ3v) is 12.8. The summed E-state index contributed by atoms with van der Waals surface area (Å²) in [6.45, 7) is 9.01. The van der Waals surface area contributed by atoms with Crippen LogP contribution in [0.2, 0.25) is 0 Å². The number of aromatic amines is 2. The second-order valence-electron chi connectivity index (χ2n) is 17.0. The molecule has 8 rings (SSSR count). The molecule has 1 aliphatic carbocycles. The highest BCUT2D eigenvalue weighted by Crippen LogP contribution is 2.53. The van der Waals surface area contributed by atoms with Crippen molar-refractivity contribution in [3.63, 3.8) is 0 Å². The first kappa shape index (κ1) is 39.9. The third kappa shape index (κ3) is 7.27. The molecule has 14 heteroatoms. The zero-order valence-corrected chi connectivity index (χ0v) is 34.5. The first-order valence-corrected chi connectivity index (χ1v) is 20.7. The molecule has 2 saturated heterocycles. The van der Waals surface area contributed by atoms with Gasteiger partial charge in [0.15, 0.2) is 0 Å². The van der Waals surface area contributed by atoms with Crippen LogP contribution in [0.3, 0.4) is 0 Å². The summed E-state index contributed by atoms with van der Waals surface area (Å²) in [6, 6.07) is 13.5. The van der Waals surface area contributed by atoms with Crippen LogP contribution in [0.4, 0.5) is 4.79 Å². The number of hydrogen-bond donors (Lipinski definition) is 3. The highest BCUT2D eigenvalue weighted by atomic mass is 16.5. The standard InChI is InChI=1S/C45H53N7O7/c1-25(2)33(20-37(53)57-5)41(54)52-24-27-15-17-45(52,21-27)43-47-23-35(49-43)32-14-13-30(31-16-19-59-39(31)32)28-9-11-29(12-10-28)34-22-46-40(48-34)36-8-7-18-51(36)42(55)38(26(3)4)50-44(56)58-6/h9-14,16,19,22-23,25-27,33,36,38H,7-8,15,17-18,20-21,24H2,1-6H3,(H,46,48)(H,47,49)(H,50,56)/t27?,33-,36-,38-,45?/m0/s1. The smallest absolute Gasteiger partial charge is 0.407 e. The van der Waals surface area contributed by atoms with Gasteiger partial charge >= 0.3 is 12.1 Å². The van der Waals surface area contributed by atoms with Gasteiger partial charge in [-0.2, -0.15) is 0 Å². The Morgan fingerprint density at radius 1 is 0.881 bits per heavy atom. The lowest BCUT2D eigenvalue weighted by Gasteiger charge is -2.40. The Kier molecular flexibility index (Phi) is 10.8. The Morgan fingerprint density at radius 2 is 1.63 bits per heavy atom. The SMILES string of the molecule is COC(=O)C[C@H](C(=O)N1CC2CCC1(c1ncc(-c3ccc(-c4ccc(-c5cnc([C@@H]6CCCN6C(=O)[C@@H](NC(=O)OC)C(C)C)[nH]5)cc4)c4ccoc34)[nH]1)C2)C(C)C. The van der Waals surface area contributed by atoms with Crippen LogP contribution in [0.1, 0.15) is 83.9 Å². The molecule has 2 bridgehead atoms. The summed E-state index contributed by atoms with van der Waals surface area (Å²) in [7, 11) is 2.65. The van der Waals surface area contributed by atoms with Crippen molar-refractivity contribution < 1.29 is 33.1 Å². The van der Waals surface area contributed by atoms with Gasteiger partial charge in [-0.15, -0.1) is 0 Å². The van der Waals surface area contributed by atoms with Gasteiger partial charge in [0.05, 0.1) is 62.6 Å². The second-order valence-corrected chi connectivity index (χ2v) is 17.0. The van der Waals surface area contributed by atoms with Gasteiger partial charge in [-0.05, 0) is 78.7 Å². The Balaban J connectivity index is 1.01. The van der Waals surface area contributed by atoms with E-state index in [2.05, 4.69) is 45.6 Å². The molecule has 3 aliphatic rings. The summed E-state index contributed by atoms with van der Waals surface area (Å²) in [6.07, 6.45) is 9.06. The minimum atomic E-state index is -0.698. The van der Waals surface area contributed by atoms with Gasteiger partial charge in [-0.1, -0.05) is 58.0 Å². The average Bonchev–Trinajstić information content (AvgIpc) is 4.10. The highest BCUT2D eigenvalue weighted by Gasteiger charge is 2.56. The van der Waals surface area contributed by atoms with Crippen molar-refractivity contribution in [3.05, 3.63) is 72.8 Å². The van der Waals surface area contributed by atoms with E-state index >= 15 is 0 Å². The van der Waals surface area contributed by atoms with Crippen LogP contribution in [0.25, 0.3) is 44.6 Å². The molecule has 5 heterocycles. The number of methoxy groups -OCH3 is 2. The fraction of sp³-hybridized carbons (Fsp3) is 0.467. The number of H-pyrrole nitrogens is 2. The summed E-state index contributed by atoms with van der Waals surface area (Å²) in [5.74, 6) is 0.753. The number of amides is 3. The number of aromatic nitrogens is 4. The van der Waals surface area contributed by atoms with E-state index < -0.39 is 23.6 Å². The molecule has 0 radical (unpaired) electrons. The molecule has 0 spiro atoms. The summed E-state index contributed by atoms with van der Waals surface area (Å²) in [4.78, 5) is 72.4. The van der Waals surface area contributed by atoms with Crippen LogP contribution >= 0.6 is 0 Å². The number of esters is 1. The van der Waals surface area contributed by atoms with E-state index in [1.807, 2.05) is 55.8 Å². The lowest BCUT2D eigenvalue weighted by molar-refractivity contribution is -0.151. The van der Waals surface area contributed by atoms with Crippen LogP contribution in [-0.2, 0) is 29.4 Å². The van der Waals surface area contributed by atoms with Gasteiger partial charge in [0, 0.05) is 24.0 Å². The van der Waals surface area contributed by atoms with Crippen LogP contribution < -0.4 is 5.32 Å². The molecule has 14 nitrogen and oxygen atoms in total. The summed E-state index contributed by atoms with van der Waals surface area (Å²) >= 11 is 0. The van der Waals surface area contributed by atoms with E-state index in [0.29, 0.717) is 24.8 Å².